The van der Waals surface area contributed by atoms with Crippen LogP contribution in [0.15, 0.2) is 72.8 Å². The van der Waals surface area contributed by atoms with Crippen LogP contribution >= 0.6 is 0 Å². The monoisotopic (exact) mass is 420 g/mol. The first-order chi connectivity index (χ1) is 14.9. The third-order valence-electron chi connectivity index (χ3n) is 4.90. The average molecular weight is 420 g/mol. The summed E-state index contributed by atoms with van der Waals surface area (Å²) in [6, 6.07) is 22.1. The Morgan fingerprint density at radius 3 is 2.29 bits per heavy atom. The highest BCUT2D eigenvalue weighted by Gasteiger charge is 2.22. The van der Waals surface area contributed by atoms with Gasteiger partial charge in [0, 0.05) is 28.7 Å². The molecule has 2 N–H and O–H groups in total. The van der Waals surface area contributed by atoms with Crippen molar-refractivity contribution in [1.29, 1.82) is 0 Å². The van der Waals surface area contributed by atoms with Gasteiger partial charge in [0.05, 0.1) is 11.0 Å². The first kappa shape index (κ1) is 20.5. The number of nitrogens with one attached hydrogen (secondary N) is 2. The molecule has 4 aromatic rings. The fourth-order valence-corrected chi connectivity index (χ4v) is 3.45. The van der Waals surface area contributed by atoms with Crippen molar-refractivity contribution >= 4 is 34.0 Å². The number of hydrogen-bond donors (Lipinski definition) is 2. The number of carbonyl (C=O) groups excluding carboxylic acids is 1. The number of carbonyl (C=O) groups is 1. The molecule has 0 bridgehead atoms. The van der Waals surface area contributed by atoms with E-state index in [1.165, 1.54) is 0 Å². The molecule has 1 heterocycles. The van der Waals surface area contributed by atoms with Crippen LogP contribution in [0.1, 0.15) is 36.5 Å². The van der Waals surface area contributed by atoms with E-state index < -0.39 is 12.2 Å². The standard InChI is InChI=1S/C24H22F2N4O/c1-15(2)30(19-11-9-18(10-12-19)27-17-6-4-3-5-7-17)24(31)16-8-13-20-21(14-16)29-23(28-20)22(25)26/h3-15,22,27H,1-2H3,(H,28,29). The number of nitrogens with zero attached hydrogens (tertiary/aromatic N) is 2. The number of hydrogen-bond acceptors (Lipinski definition) is 3. The lowest BCUT2D eigenvalue weighted by atomic mass is 10.1. The normalized spacial score (nSPS) is 11.3. The minimum absolute atomic E-state index is 0.102. The summed E-state index contributed by atoms with van der Waals surface area (Å²) >= 11 is 0. The zero-order valence-electron chi connectivity index (χ0n) is 17.1. The largest absolute Gasteiger partial charge is 0.356 e. The van der Waals surface area contributed by atoms with Gasteiger partial charge < -0.3 is 15.2 Å². The molecular formula is C24H22F2N4O. The van der Waals surface area contributed by atoms with Crippen molar-refractivity contribution in [3.05, 3.63) is 84.2 Å². The zero-order chi connectivity index (χ0) is 22.0. The molecule has 3 aromatic carbocycles. The van der Waals surface area contributed by atoms with Gasteiger partial charge in [-0.1, -0.05) is 18.2 Å². The highest BCUT2D eigenvalue weighted by molar-refractivity contribution is 6.08. The first-order valence-electron chi connectivity index (χ1n) is 9.96. The number of benzene rings is 3. The summed E-state index contributed by atoms with van der Waals surface area (Å²) in [4.78, 5) is 21.4. The summed E-state index contributed by atoms with van der Waals surface area (Å²) in [5.74, 6) is -0.615. The van der Waals surface area contributed by atoms with Gasteiger partial charge in [-0.05, 0) is 68.4 Å². The van der Waals surface area contributed by atoms with Crippen LogP contribution in [0, 0.1) is 0 Å². The Labute approximate surface area is 178 Å². The average Bonchev–Trinajstić information content (AvgIpc) is 3.19. The second kappa shape index (κ2) is 8.55. The van der Waals surface area contributed by atoms with Crippen LogP contribution in [-0.4, -0.2) is 21.9 Å². The van der Waals surface area contributed by atoms with Crippen LogP contribution in [-0.2, 0) is 0 Å². The Kier molecular flexibility index (Phi) is 5.66. The molecule has 0 aliphatic heterocycles. The van der Waals surface area contributed by atoms with Gasteiger partial charge in [-0.3, -0.25) is 4.79 Å². The Balaban J connectivity index is 1.59. The van der Waals surface area contributed by atoms with E-state index in [1.54, 1.807) is 23.1 Å². The molecule has 0 aliphatic rings. The van der Waals surface area contributed by atoms with Crippen LogP contribution in [0.3, 0.4) is 0 Å². The van der Waals surface area contributed by atoms with Gasteiger partial charge in [0.25, 0.3) is 12.3 Å². The Hall–Kier alpha value is -3.74. The number of anilines is 3. The number of amides is 1. The second-order valence-corrected chi connectivity index (χ2v) is 7.46. The molecule has 0 spiro atoms. The van der Waals surface area contributed by atoms with Crippen molar-refractivity contribution in [2.24, 2.45) is 0 Å². The maximum atomic E-state index is 13.3. The van der Waals surface area contributed by atoms with Gasteiger partial charge in [-0.2, -0.15) is 0 Å². The molecule has 0 saturated heterocycles. The molecule has 31 heavy (non-hydrogen) atoms. The summed E-state index contributed by atoms with van der Waals surface area (Å²) in [7, 11) is 0. The minimum atomic E-state index is -2.69. The number of aromatic nitrogens is 2. The topological polar surface area (TPSA) is 61.0 Å². The number of rotatable bonds is 6. The number of alkyl halides is 2. The molecule has 0 atom stereocenters. The maximum Gasteiger partial charge on any atom is 0.295 e. The number of halogens is 2. The van der Waals surface area contributed by atoms with Crippen LogP contribution in [0.25, 0.3) is 11.0 Å². The van der Waals surface area contributed by atoms with Crippen molar-refractivity contribution in [1.82, 2.24) is 9.97 Å². The van der Waals surface area contributed by atoms with Crippen molar-refractivity contribution in [3.63, 3.8) is 0 Å². The smallest absolute Gasteiger partial charge is 0.295 e. The summed E-state index contributed by atoms with van der Waals surface area (Å²) in [5, 5.41) is 3.32. The van der Waals surface area contributed by atoms with E-state index in [0.717, 1.165) is 17.1 Å². The third kappa shape index (κ3) is 4.40. The zero-order valence-corrected chi connectivity index (χ0v) is 17.1. The van der Waals surface area contributed by atoms with E-state index in [2.05, 4.69) is 15.3 Å². The van der Waals surface area contributed by atoms with Crippen molar-refractivity contribution in [3.8, 4) is 0 Å². The molecular weight excluding hydrogens is 398 g/mol. The fourth-order valence-electron chi connectivity index (χ4n) is 3.45. The summed E-state index contributed by atoms with van der Waals surface area (Å²) in [5.41, 5.74) is 3.84. The van der Waals surface area contributed by atoms with Gasteiger partial charge in [0.15, 0.2) is 5.82 Å². The molecule has 0 radical (unpaired) electrons. The molecule has 5 nitrogen and oxygen atoms in total. The molecule has 7 heteroatoms. The lowest BCUT2D eigenvalue weighted by molar-refractivity contribution is 0.0980. The lowest BCUT2D eigenvalue weighted by Crippen LogP contribution is -2.37. The maximum absolute atomic E-state index is 13.3. The van der Waals surface area contributed by atoms with Crippen molar-refractivity contribution in [2.75, 3.05) is 10.2 Å². The van der Waals surface area contributed by atoms with E-state index in [9.17, 15) is 13.6 Å². The number of H-pyrrole nitrogens is 1. The molecule has 1 aromatic heterocycles. The Morgan fingerprint density at radius 1 is 0.968 bits per heavy atom. The Bertz CT molecular complexity index is 1190. The van der Waals surface area contributed by atoms with Gasteiger partial charge in [-0.25, -0.2) is 13.8 Å². The van der Waals surface area contributed by atoms with E-state index in [4.69, 9.17) is 0 Å². The quantitative estimate of drug-likeness (QED) is 0.385. The molecule has 0 fully saturated rings. The molecule has 0 unspecified atom stereocenters. The molecule has 4 rings (SSSR count). The highest BCUT2D eigenvalue weighted by Crippen LogP contribution is 2.26. The highest BCUT2D eigenvalue weighted by atomic mass is 19.3. The van der Waals surface area contributed by atoms with Gasteiger partial charge in [-0.15, -0.1) is 0 Å². The van der Waals surface area contributed by atoms with Gasteiger partial charge >= 0.3 is 0 Å². The van der Waals surface area contributed by atoms with Crippen LogP contribution in [0.4, 0.5) is 25.8 Å². The van der Waals surface area contributed by atoms with Gasteiger partial charge in [0.1, 0.15) is 0 Å². The van der Waals surface area contributed by atoms with E-state index >= 15 is 0 Å². The molecule has 0 aliphatic carbocycles. The van der Waals surface area contributed by atoms with Crippen LogP contribution < -0.4 is 10.2 Å². The van der Waals surface area contributed by atoms with E-state index in [1.807, 2.05) is 68.4 Å². The lowest BCUT2D eigenvalue weighted by Gasteiger charge is -2.27. The van der Waals surface area contributed by atoms with Crippen molar-refractivity contribution < 1.29 is 13.6 Å². The Morgan fingerprint density at radius 2 is 1.65 bits per heavy atom. The number of aromatic amines is 1. The van der Waals surface area contributed by atoms with Crippen LogP contribution in [0.5, 0.6) is 0 Å². The number of fused-ring (bicyclic) bond motifs is 1. The number of para-hydroxylation sites is 1. The van der Waals surface area contributed by atoms with Crippen LogP contribution in [0.2, 0.25) is 0 Å². The fraction of sp³-hybridized carbons (Fsp3) is 0.167. The molecule has 1 amide bonds. The molecule has 0 saturated carbocycles. The predicted octanol–water partition coefficient (Wildman–Crippen LogP) is 6.30. The molecule has 158 valence electrons. The predicted molar refractivity (Wildman–Crippen MR) is 119 cm³/mol. The summed E-state index contributed by atoms with van der Waals surface area (Å²) in [6.07, 6.45) is -2.69. The van der Waals surface area contributed by atoms with Gasteiger partial charge in [0.2, 0.25) is 0 Å². The van der Waals surface area contributed by atoms with E-state index in [0.29, 0.717) is 16.6 Å². The SMILES string of the molecule is CC(C)N(C(=O)c1ccc2nc(C(F)F)[nH]c2c1)c1ccc(Nc2ccccc2)cc1. The first-order valence-corrected chi connectivity index (χ1v) is 9.96. The summed E-state index contributed by atoms with van der Waals surface area (Å²) in [6.45, 7) is 3.86. The summed E-state index contributed by atoms with van der Waals surface area (Å²) < 4.78 is 25.8. The second-order valence-electron chi connectivity index (χ2n) is 7.46. The van der Waals surface area contributed by atoms with E-state index in [-0.39, 0.29) is 11.9 Å². The third-order valence-corrected chi connectivity index (χ3v) is 4.90. The minimum Gasteiger partial charge on any atom is -0.356 e. The van der Waals surface area contributed by atoms with Crippen molar-refractivity contribution in [2.45, 2.75) is 26.3 Å². The number of imidazole rings is 1.